The van der Waals surface area contributed by atoms with Crippen molar-refractivity contribution in [2.24, 2.45) is 5.92 Å². The van der Waals surface area contributed by atoms with E-state index in [1.807, 2.05) is 0 Å². The maximum absolute atomic E-state index is 12.5. The average molecular weight is 322 g/mol. The predicted octanol–water partition coefficient (Wildman–Crippen LogP) is 3.69. The first-order chi connectivity index (χ1) is 9.07. The number of alkyl halides is 1. The minimum absolute atomic E-state index is 0.374. The van der Waals surface area contributed by atoms with Gasteiger partial charge in [-0.2, -0.15) is 4.31 Å². The Bertz CT molecular complexity index is 504. The maximum atomic E-state index is 12.5. The van der Waals surface area contributed by atoms with Crippen LogP contribution in [0.4, 0.5) is 0 Å². The van der Waals surface area contributed by atoms with Crippen molar-refractivity contribution < 1.29 is 8.42 Å². The van der Waals surface area contributed by atoms with Crippen LogP contribution in [-0.4, -0.2) is 25.8 Å². The highest BCUT2D eigenvalue weighted by Crippen LogP contribution is 2.28. The molecule has 0 spiro atoms. The fourth-order valence-corrected chi connectivity index (χ4v) is 5.41. The Morgan fingerprint density at radius 2 is 2.11 bits per heavy atom. The second-order valence-corrected chi connectivity index (χ2v) is 8.22. The molecule has 108 valence electrons. The van der Waals surface area contributed by atoms with Crippen molar-refractivity contribution in [1.29, 1.82) is 0 Å². The minimum atomic E-state index is -3.30. The van der Waals surface area contributed by atoms with Gasteiger partial charge in [-0.1, -0.05) is 19.8 Å². The first-order valence-corrected chi connectivity index (χ1v) is 9.57. The highest BCUT2D eigenvalue weighted by molar-refractivity contribution is 7.89. The van der Waals surface area contributed by atoms with E-state index in [4.69, 9.17) is 11.6 Å². The molecule has 1 saturated heterocycles. The fraction of sp³-hybridized carbons (Fsp3) is 0.692. The summed E-state index contributed by atoms with van der Waals surface area (Å²) in [6, 6.07) is 1.70. The number of nitrogens with zero attached hydrogens (tertiary/aromatic N) is 1. The summed E-state index contributed by atoms with van der Waals surface area (Å²) in [4.78, 5) is 1.31. The molecule has 0 bridgehead atoms. The largest absolute Gasteiger partial charge is 0.243 e. The lowest BCUT2D eigenvalue weighted by molar-refractivity contribution is 0.262. The van der Waals surface area contributed by atoms with E-state index in [0.29, 0.717) is 29.8 Å². The quantitative estimate of drug-likeness (QED) is 0.776. The van der Waals surface area contributed by atoms with Crippen molar-refractivity contribution in [3.05, 3.63) is 16.3 Å². The number of hydrogen-bond donors (Lipinski definition) is 0. The first-order valence-electron chi connectivity index (χ1n) is 6.71. The molecule has 0 radical (unpaired) electrons. The molecule has 0 aliphatic carbocycles. The van der Waals surface area contributed by atoms with Gasteiger partial charge in [0.15, 0.2) is 0 Å². The summed E-state index contributed by atoms with van der Waals surface area (Å²) < 4.78 is 26.6. The average Bonchev–Trinajstić information content (AvgIpc) is 2.89. The van der Waals surface area contributed by atoms with Crippen LogP contribution >= 0.6 is 22.9 Å². The van der Waals surface area contributed by atoms with Crippen LogP contribution in [0.15, 0.2) is 16.3 Å². The third-order valence-electron chi connectivity index (χ3n) is 3.67. The van der Waals surface area contributed by atoms with E-state index in [0.717, 1.165) is 17.7 Å². The van der Waals surface area contributed by atoms with Crippen LogP contribution in [0, 0.1) is 5.92 Å². The van der Waals surface area contributed by atoms with Crippen LogP contribution in [0.5, 0.6) is 0 Å². The lowest BCUT2D eigenvalue weighted by Crippen LogP contribution is -2.38. The van der Waals surface area contributed by atoms with E-state index in [9.17, 15) is 8.42 Å². The van der Waals surface area contributed by atoms with Gasteiger partial charge >= 0.3 is 0 Å². The van der Waals surface area contributed by atoms with Crippen molar-refractivity contribution in [2.75, 3.05) is 13.1 Å². The molecule has 0 unspecified atom stereocenters. The van der Waals surface area contributed by atoms with Crippen LogP contribution in [0.3, 0.4) is 0 Å². The molecule has 2 heterocycles. The summed E-state index contributed by atoms with van der Waals surface area (Å²) in [5, 5.41) is 1.70. The Hall–Kier alpha value is -0.100. The SMILES string of the molecule is CCCC1CCN(S(=O)(=O)c2csc(CCl)c2)CC1. The van der Waals surface area contributed by atoms with Gasteiger partial charge in [-0.05, 0) is 24.8 Å². The highest BCUT2D eigenvalue weighted by Gasteiger charge is 2.29. The van der Waals surface area contributed by atoms with Gasteiger partial charge in [0.2, 0.25) is 10.0 Å². The van der Waals surface area contributed by atoms with Crippen molar-refractivity contribution in [3.63, 3.8) is 0 Å². The van der Waals surface area contributed by atoms with Gasteiger partial charge in [0.1, 0.15) is 0 Å². The molecule has 0 amide bonds. The topological polar surface area (TPSA) is 37.4 Å². The zero-order valence-electron chi connectivity index (χ0n) is 11.1. The second kappa shape index (κ2) is 6.57. The second-order valence-electron chi connectivity index (χ2n) is 5.02. The third kappa shape index (κ3) is 3.51. The van der Waals surface area contributed by atoms with Crippen LogP contribution in [0.2, 0.25) is 0 Å². The van der Waals surface area contributed by atoms with Gasteiger partial charge < -0.3 is 0 Å². The van der Waals surface area contributed by atoms with E-state index in [-0.39, 0.29) is 0 Å². The standard InChI is InChI=1S/C13H20ClNO2S2/c1-2-3-11-4-6-15(7-5-11)19(16,17)13-8-12(9-14)18-10-13/h8,10-11H,2-7,9H2,1H3. The van der Waals surface area contributed by atoms with Gasteiger partial charge in [0, 0.05) is 23.3 Å². The van der Waals surface area contributed by atoms with E-state index in [1.54, 1.807) is 15.8 Å². The Morgan fingerprint density at radius 1 is 1.42 bits per heavy atom. The van der Waals surface area contributed by atoms with E-state index < -0.39 is 10.0 Å². The normalized spacial score (nSPS) is 18.8. The summed E-state index contributed by atoms with van der Waals surface area (Å²) >= 11 is 7.14. The molecule has 0 aromatic carbocycles. The van der Waals surface area contributed by atoms with Gasteiger partial charge in [-0.15, -0.1) is 22.9 Å². The molecule has 3 nitrogen and oxygen atoms in total. The molecule has 1 fully saturated rings. The number of sulfonamides is 1. The Morgan fingerprint density at radius 3 is 2.63 bits per heavy atom. The molecule has 1 aromatic heterocycles. The van der Waals surface area contributed by atoms with Crippen LogP contribution < -0.4 is 0 Å². The molecule has 0 atom stereocenters. The number of thiophene rings is 1. The minimum Gasteiger partial charge on any atom is -0.207 e. The monoisotopic (exact) mass is 321 g/mol. The predicted molar refractivity (Wildman–Crippen MR) is 80.3 cm³/mol. The molecule has 0 N–H and O–H groups in total. The van der Waals surface area contributed by atoms with Crippen LogP contribution in [-0.2, 0) is 15.9 Å². The van der Waals surface area contributed by atoms with E-state index in [2.05, 4.69) is 6.92 Å². The summed E-state index contributed by atoms with van der Waals surface area (Å²) in [5.41, 5.74) is 0. The zero-order chi connectivity index (χ0) is 13.9. The van der Waals surface area contributed by atoms with Crippen LogP contribution in [0.1, 0.15) is 37.5 Å². The number of rotatable bonds is 5. The van der Waals surface area contributed by atoms with Crippen LogP contribution in [0.25, 0.3) is 0 Å². The molecule has 1 aliphatic rings. The third-order valence-corrected chi connectivity index (χ3v) is 7.08. The number of halogens is 1. The Balaban J connectivity index is 2.05. The Kier molecular flexibility index (Phi) is 5.29. The lowest BCUT2D eigenvalue weighted by Gasteiger charge is -2.30. The fourth-order valence-electron chi connectivity index (χ4n) is 2.56. The van der Waals surface area contributed by atoms with Gasteiger partial charge in [0.05, 0.1) is 10.8 Å². The highest BCUT2D eigenvalue weighted by atomic mass is 35.5. The smallest absolute Gasteiger partial charge is 0.207 e. The zero-order valence-corrected chi connectivity index (χ0v) is 13.5. The van der Waals surface area contributed by atoms with Crippen molar-refractivity contribution in [1.82, 2.24) is 4.31 Å². The molecule has 6 heteroatoms. The molecule has 0 saturated carbocycles. The molecule has 1 aliphatic heterocycles. The van der Waals surface area contributed by atoms with Crippen molar-refractivity contribution >= 4 is 33.0 Å². The summed E-state index contributed by atoms with van der Waals surface area (Å²) in [7, 11) is -3.30. The van der Waals surface area contributed by atoms with E-state index >= 15 is 0 Å². The van der Waals surface area contributed by atoms with E-state index in [1.165, 1.54) is 24.2 Å². The van der Waals surface area contributed by atoms with Crippen molar-refractivity contribution in [3.8, 4) is 0 Å². The number of hydrogen-bond acceptors (Lipinski definition) is 3. The first kappa shape index (κ1) is 15.3. The number of piperidine rings is 1. The summed E-state index contributed by atoms with van der Waals surface area (Å²) in [5.74, 6) is 1.07. The van der Waals surface area contributed by atoms with Gasteiger partial charge in [0.25, 0.3) is 0 Å². The van der Waals surface area contributed by atoms with Gasteiger partial charge in [-0.25, -0.2) is 8.42 Å². The summed E-state index contributed by atoms with van der Waals surface area (Å²) in [6.45, 7) is 3.49. The lowest BCUT2D eigenvalue weighted by atomic mass is 9.94. The van der Waals surface area contributed by atoms with Gasteiger partial charge in [-0.3, -0.25) is 0 Å². The summed E-state index contributed by atoms with van der Waals surface area (Å²) in [6.07, 6.45) is 4.36. The maximum Gasteiger partial charge on any atom is 0.243 e. The molecular formula is C13H20ClNO2S2. The molecule has 19 heavy (non-hydrogen) atoms. The molecule has 1 aromatic rings. The Labute approximate surface area is 124 Å². The van der Waals surface area contributed by atoms with Crippen molar-refractivity contribution in [2.45, 2.75) is 43.4 Å². The molecular weight excluding hydrogens is 302 g/mol. The molecule has 2 rings (SSSR count).